The van der Waals surface area contributed by atoms with Gasteiger partial charge in [-0.3, -0.25) is 4.70 Å². The van der Waals surface area contributed by atoms with Crippen molar-refractivity contribution >= 4 is 0 Å². The molecular formula is C5H8FN3. The third kappa shape index (κ3) is 10.7. The highest BCUT2D eigenvalue weighted by Crippen LogP contribution is 1.72. The SMILES string of the molecule is F.N#CN.c1cc[nH]c1. The Morgan fingerprint density at radius 3 is 1.78 bits per heavy atom. The number of nitrogens with one attached hydrogen (secondary N) is 1. The Labute approximate surface area is 52.5 Å². The molecule has 0 fully saturated rings. The lowest BCUT2D eigenvalue weighted by Crippen LogP contribution is -1.69. The minimum Gasteiger partial charge on any atom is -0.368 e. The van der Waals surface area contributed by atoms with Crippen molar-refractivity contribution in [3.8, 4) is 6.19 Å². The zero-order valence-corrected chi connectivity index (χ0v) is 4.74. The molecule has 50 valence electrons. The fourth-order valence-corrected chi connectivity index (χ4v) is 0.278. The van der Waals surface area contributed by atoms with E-state index >= 15 is 0 Å². The van der Waals surface area contributed by atoms with Crippen LogP contribution in [0.15, 0.2) is 24.5 Å². The van der Waals surface area contributed by atoms with Gasteiger partial charge >= 0.3 is 0 Å². The quantitative estimate of drug-likeness (QED) is 0.397. The third-order valence-corrected chi connectivity index (χ3v) is 0.496. The van der Waals surface area contributed by atoms with Crippen LogP contribution in [0.3, 0.4) is 0 Å². The maximum Gasteiger partial charge on any atom is 0.173 e. The number of nitrogens with two attached hydrogens (primary N) is 1. The summed E-state index contributed by atoms with van der Waals surface area (Å²) >= 11 is 0. The van der Waals surface area contributed by atoms with Crippen LogP contribution in [-0.4, -0.2) is 4.98 Å². The smallest absolute Gasteiger partial charge is 0.173 e. The summed E-state index contributed by atoms with van der Waals surface area (Å²) in [5, 5.41) is 7.10. The number of aromatic amines is 1. The van der Waals surface area contributed by atoms with E-state index in [1.165, 1.54) is 6.19 Å². The third-order valence-electron chi connectivity index (χ3n) is 0.496. The Hall–Kier alpha value is -1.50. The van der Waals surface area contributed by atoms with Crippen molar-refractivity contribution < 1.29 is 4.70 Å². The van der Waals surface area contributed by atoms with E-state index in [1.807, 2.05) is 24.5 Å². The molecule has 0 spiro atoms. The predicted octanol–water partition coefficient (Wildman–Crippen LogP) is 0.593. The van der Waals surface area contributed by atoms with Gasteiger partial charge in [0.15, 0.2) is 6.19 Å². The molecule has 3 nitrogen and oxygen atoms in total. The Morgan fingerprint density at radius 1 is 1.33 bits per heavy atom. The molecule has 0 bridgehead atoms. The zero-order valence-electron chi connectivity index (χ0n) is 4.74. The summed E-state index contributed by atoms with van der Waals surface area (Å²) in [7, 11) is 0. The second kappa shape index (κ2) is 9.71. The highest BCUT2D eigenvalue weighted by Gasteiger charge is 1.55. The first-order valence-electron chi connectivity index (χ1n) is 2.09. The first kappa shape index (κ1) is 10.5. The van der Waals surface area contributed by atoms with Gasteiger partial charge in [0.05, 0.1) is 0 Å². The molecule has 0 atom stereocenters. The average Bonchev–Trinajstić information content (AvgIpc) is 2.17. The molecule has 0 saturated heterocycles. The molecule has 9 heavy (non-hydrogen) atoms. The monoisotopic (exact) mass is 129 g/mol. The number of H-pyrrole nitrogens is 1. The number of hydrogen-bond donors (Lipinski definition) is 2. The fraction of sp³-hybridized carbons (Fsp3) is 0. The molecule has 0 aliphatic heterocycles. The number of aromatic nitrogens is 1. The summed E-state index contributed by atoms with van der Waals surface area (Å²) < 4.78 is 0. The minimum absolute atomic E-state index is 0. The molecule has 0 radical (unpaired) electrons. The summed E-state index contributed by atoms with van der Waals surface area (Å²) in [6.45, 7) is 0. The minimum atomic E-state index is 0. The van der Waals surface area contributed by atoms with Crippen LogP contribution >= 0.6 is 0 Å². The Balaban J connectivity index is 0. The molecule has 1 rings (SSSR count). The van der Waals surface area contributed by atoms with Crippen molar-refractivity contribution in [2.45, 2.75) is 0 Å². The summed E-state index contributed by atoms with van der Waals surface area (Å²) in [5.41, 5.74) is 4.15. The van der Waals surface area contributed by atoms with Gasteiger partial charge in [-0.15, -0.1) is 0 Å². The fourth-order valence-electron chi connectivity index (χ4n) is 0.278. The van der Waals surface area contributed by atoms with Gasteiger partial charge in [-0.25, -0.2) is 0 Å². The Bertz CT molecular complexity index is 125. The van der Waals surface area contributed by atoms with Gasteiger partial charge in [0.2, 0.25) is 0 Å². The van der Waals surface area contributed by atoms with E-state index in [-0.39, 0.29) is 4.70 Å². The normalized spacial score (nSPS) is 5.22. The van der Waals surface area contributed by atoms with Crippen LogP contribution in [0.1, 0.15) is 0 Å². The summed E-state index contributed by atoms with van der Waals surface area (Å²) in [6, 6.07) is 3.89. The molecule has 1 aromatic heterocycles. The maximum absolute atomic E-state index is 7.10. The van der Waals surface area contributed by atoms with Gasteiger partial charge in [0, 0.05) is 12.4 Å². The van der Waals surface area contributed by atoms with Crippen molar-refractivity contribution in [3.63, 3.8) is 0 Å². The van der Waals surface area contributed by atoms with Crippen LogP contribution in [0.2, 0.25) is 0 Å². The molecule has 3 N–H and O–H groups in total. The van der Waals surface area contributed by atoms with Crippen LogP contribution in [0.4, 0.5) is 4.70 Å². The first-order valence-corrected chi connectivity index (χ1v) is 2.09. The molecule has 4 heteroatoms. The van der Waals surface area contributed by atoms with Crippen molar-refractivity contribution in [1.29, 1.82) is 5.26 Å². The number of nitriles is 1. The molecule has 1 heterocycles. The molecule has 0 aromatic carbocycles. The van der Waals surface area contributed by atoms with E-state index in [4.69, 9.17) is 5.26 Å². The number of halogens is 1. The van der Waals surface area contributed by atoms with Crippen LogP contribution < -0.4 is 5.73 Å². The molecule has 0 saturated carbocycles. The second-order valence-electron chi connectivity index (χ2n) is 1.01. The van der Waals surface area contributed by atoms with Crippen LogP contribution in [0.25, 0.3) is 0 Å². The van der Waals surface area contributed by atoms with E-state index in [2.05, 4.69) is 10.7 Å². The average molecular weight is 129 g/mol. The largest absolute Gasteiger partial charge is 0.368 e. The van der Waals surface area contributed by atoms with Crippen LogP contribution in [0.5, 0.6) is 0 Å². The summed E-state index contributed by atoms with van der Waals surface area (Å²) in [6.07, 6.45) is 5.00. The van der Waals surface area contributed by atoms with E-state index in [0.717, 1.165) is 0 Å². The molecule has 0 amide bonds. The lowest BCUT2D eigenvalue weighted by atomic mass is 10.7. The molecule has 0 aliphatic rings. The van der Waals surface area contributed by atoms with Crippen molar-refractivity contribution in [2.24, 2.45) is 5.73 Å². The van der Waals surface area contributed by atoms with Gasteiger partial charge in [-0.05, 0) is 12.1 Å². The number of rotatable bonds is 0. The van der Waals surface area contributed by atoms with Gasteiger partial charge in [0.1, 0.15) is 0 Å². The van der Waals surface area contributed by atoms with Crippen molar-refractivity contribution in [3.05, 3.63) is 24.5 Å². The molecule has 0 aliphatic carbocycles. The highest BCUT2D eigenvalue weighted by atomic mass is 19.0. The molecular weight excluding hydrogens is 121 g/mol. The van der Waals surface area contributed by atoms with Gasteiger partial charge in [-0.1, -0.05) is 0 Å². The zero-order chi connectivity index (χ0) is 6.24. The van der Waals surface area contributed by atoms with Gasteiger partial charge in [0.25, 0.3) is 0 Å². The first-order chi connectivity index (χ1) is 3.91. The lowest BCUT2D eigenvalue weighted by Gasteiger charge is -1.49. The number of hydrogen-bond acceptors (Lipinski definition) is 2. The number of nitrogens with zero attached hydrogens (tertiary/aromatic N) is 1. The van der Waals surface area contributed by atoms with E-state index in [9.17, 15) is 0 Å². The van der Waals surface area contributed by atoms with Crippen LogP contribution in [0, 0.1) is 11.5 Å². The lowest BCUT2D eigenvalue weighted by molar-refractivity contribution is 1.11. The topological polar surface area (TPSA) is 65.6 Å². The van der Waals surface area contributed by atoms with E-state index in [1.54, 1.807) is 0 Å². The van der Waals surface area contributed by atoms with Gasteiger partial charge in [-0.2, -0.15) is 5.26 Å². The highest BCUT2D eigenvalue weighted by molar-refractivity contribution is 4.84. The Morgan fingerprint density at radius 2 is 1.67 bits per heavy atom. The standard InChI is InChI=1S/C4H5N.CH2N2.FH/c1-2-4-5-3-1;2-1-3;/h1-5H;2H2;1H. The van der Waals surface area contributed by atoms with Crippen molar-refractivity contribution in [1.82, 2.24) is 4.98 Å². The van der Waals surface area contributed by atoms with E-state index in [0.29, 0.717) is 0 Å². The summed E-state index contributed by atoms with van der Waals surface area (Å²) in [5.74, 6) is 0. The summed E-state index contributed by atoms with van der Waals surface area (Å²) in [4.78, 5) is 2.86. The maximum atomic E-state index is 7.10. The van der Waals surface area contributed by atoms with E-state index < -0.39 is 0 Å². The second-order valence-corrected chi connectivity index (χ2v) is 1.01. The predicted molar refractivity (Wildman–Crippen MR) is 33.1 cm³/mol. The van der Waals surface area contributed by atoms with Gasteiger partial charge < -0.3 is 10.7 Å². The Kier molecular flexibility index (Phi) is 11.3. The van der Waals surface area contributed by atoms with Crippen LogP contribution in [-0.2, 0) is 0 Å². The molecule has 0 unspecified atom stereocenters. The van der Waals surface area contributed by atoms with Crippen molar-refractivity contribution in [2.75, 3.05) is 0 Å². The molecule has 1 aromatic rings.